The van der Waals surface area contributed by atoms with Crippen molar-refractivity contribution in [3.05, 3.63) is 47.9 Å². The van der Waals surface area contributed by atoms with Gasteiger partial charge in [0.25, 0.3) is 0 Å². The van der Waals surface area contributed by atoms with Crippen molar-refractivity contribution in [2.75, 3.05) is 12.4 Å². The number of nitrogens with one attached hydrogen (secondary N) is 1. The smallest absolute Gasteiger partial charge is 0.141 e. The third-order valence-corrected chi connectivity index (χ3v) is 2.84. The molecule has 0 bridgehead atoms. The second kappa shape index (κ2) is 5.63. The van der Waals surface area contributed by atoms with E-state index in [2.05, 4.69) is 25.2 Å². The third-order valence-electron chi connectivity index (χ3n) is 2.84. The molecule has 2 aromatic rings. The van der Waals surface area contributed by atoms with Gasteiger partial charge in [-0.05, 0) is 43.7 Å². The first-order valence-corrected chi connectivity index (χ1v) is 6.12. The molecule has 96 valence electrons. The molecule has 0 radical (unpaired) electrons. The molecule has 0 spiro atoms. The van der Waals surface area contributed by atoms with Gasteiger partial charge in [0, 0.05) is 12.5 Å². The molecule has 0 saturated heterocycles. The molecule has 3 nitrogen and oxygen atoms in total. The molecule has 1 atom stereocenters. The van der Waals surface area contributed by atoms with Gasteiger partial charge in [-0.25, -0.2) is 0 Å². The van der Waals surface area contributed by atoms with Crippen LogP contribution in [0.4, 0.5) is 5.69 Å². The number of methoxy groups -OCH3 is 1. The largest absolute Gasteiger partial charge is 0.495 e. The van der Waals surface area contributed by atoms with E-state index in [-0.39, 0.29) is 6.04 Å². The molecular formula is C15H19NO2. The zero-order valence-corrected chi connectivity index (χ0v) is 11.1. The van der Waals surface area contributed by atoms with E-state index in [0.29, 0.717) is 0 Å². The number of hydrogen-bond donors (Lipinski definition) is 1. The van der Waals surface area contributed by atoms with E-state index < -0.39 is 0 Å². The molecule has 1 aromatic carbocycles. The van der Waals surface area contributed by atoms with Gasteiger partial charge in [-0.1, -0.05) is 6.07 Å². The lowest BCUT2D eigenvalue weighted by atomic mass is 10.1. The monoisotopic (exact) mass is 245 g/mol. The Bertz CT molecular complexity index is 491. The van der Waals surface area contributed by atoms with Crippen LogP contribution in [0.2, 0.25) is 0 Å². The fourth-order valence-electron chi connectivity index (χ4n) is 1.98. The Kier molecular flexibility index (Phi) is 3.92. The highest BCUT2D eigenvalue weighted by atomic mass is 16.5. The van der Waals surface area contributed by atoms with Gasteiger partial charge in [-0.15, -0.1) is 0 Å². The molecule has 0 amide bonds. The number of furan rings is 1. The highest BCUT2D eigenvalue weighted by molar-refractivity contribution is 5.58. The Morgan fingerprint density at radius 2 is 2.17 bits per heavy atom. The molecule has 1 unspecified atom stereocenters. The summed E-state index contributed by atoms with van der Waals surface area (Å²) in [6.45, 7) is 4.20. The first-order chi connectivity index (χ1) is 8.69. The summed E-state index contributed by atoms with van der Waals surface area (Å²) in [5, 5.41) is 3.46. The molecule has 18 heavy (non-hydrogen) atoms. The zero-order valence-electron chi connectivity index (χ0n) is 11.1. The minimum atomic E-state index is 0.284. The van der Waals surface area contributed by atoms with Crippen molar-refractivity contribution < 1.29 is 9.15 Å². The maximum Gasteiger partial charge on any atom is 0.141 e. The molecule has 1 aromatic heterocycles. The van der Waals surface area contributed by atoms with Gasteiger partial charge in [0.05, 0.1) is 19.1 Å². The standard InChI is InChI=1S/C15H19NO2/c1-11-6-7-15(17-3)14(9-11)16-12(2)10-13-5-4-8-18-13/h4-9,12,16H,10H2,1-3H3. The maximum atomic E-state index is 5.35. The fourth-order valence-corrected chi connectivity index (χ4v) is 1.98. The van der Waals surface area contributed by atoms with Crippen molar-refractivity contribution in [2.45, 2.75) is 26.3 Å². The van der Waals surface area contributed by atoms with Crippen LogP contribution in [0.3, 0.4) is 0 Å². The van der Waals surface area contributed by atoms with Crippen molar-refractivity contribution in [2.24, 2.45) is 0 Å². The summed E-state index contributed by atoms with van der Waals surface area (Å²) in [5.41, 5.74) is 2.24. The van der Waals surface area contributed by atoms with Crippen molar-refractivity contribution in [3.63, 3.8) is 0 Å². The Morgan fingerprint density at radius 1 is 1.33 bits per heavy atom. The fraction of sp³-hybridized carbons (Fsp3) is 0.333. The highest BCUT2D eigenvalue weighted by Gasteiger charge is 2.09. The lowest BCUT2D eigenvalue weighted by Gasteiger charge is -2.17. The third kappa shape index (κ3) is 3.06. The topological polar surface area (TPSA) is 34.4 Å². The lowest BCUT2D eigenvalue weighted by molar-refractivity contribution is 0.415. The van der Waals surface area contributed by atoms with E-state index in [9.17, 15) is 0 Å². The quantitative estimate of drug-likeness (QED) is 0.873. The summed E-state index contributed by atoms with van der Waals surface area (Å²) in [6, 6.07) is 10.3. The second-order valence-corrected chi connectivity index (χ2v) is 4.53. The highest BCUT2D eigenvalue weighted by Crippen LogP contribution is 2.26. The van der Waals surface area contributed by atoms with Crippen LogP contribution in [-0.2, 0) is 6.42 Å². The predicted molar refractivity (Wildman–Crippen MR) is 73.2 cm³/mol. The maximum absolute atomic E-state index is 5.35. The molecule has 1 N–H and O–H groups in total. The normalized spacial score (nSPS) is 12.2. The summed E-state index contributed by atoms with van der Waals surface area (Å²) in [5.74, 6) is 1.86. The summed E-state index contributed by atoms with van der Waals surface area (Å²) >= 11 is 0. The Hall–Kier alpha value is -1.90. The van der Waals surface area contributed by atoms with Gasteiger partial charge in [-0.3, -0.25) is 0 Å². The number of ether oxygens (including phenoxy) is 1. The van der Waals surface area contributed by atoms with Gasteiger partial charge in [0.2, 0.25) is 0 Å². The van der Waals surface area contributed by atoms with Gasteiger partial charge >= 0.3 is 0 Å². The number of benzene rings is 1. The number of rotatable bonds is 5. The molecule has 0 aliphatic carbocycles. The minimum Gasteiger partial charge on any atom is -0.495 e. The van der Waals surface area contributed by atoms with Crippen molar-refractivity contribution in [3.8, 4) is 5.75 Å². The Morgan fingerprint density at radius 3 is 2.83 bits per heavy atom. The van der Waals surface area contributed by atoms with E-state index in [0.717, 1.165) is 23.6 Å². The Labute approximate surface area is 108 Å². The molecular weight excluding hydrogens is 226 g/mol. The van der Waals surface area contributed by atoms with Crippen LogP contribution in [0.5, 0.6) is 5.75 Å². The first kappa shape index (κ1) is 12.6. The molecule has 3 heteroatoms. The van der Waals surface area contributed by atoms with E-state index in [4.69, 9.17) is 9.15 Å². The predicted octanol–water partition coefficient (Wildman–Crippen LogP) is 3.64. The van der Waals surface area contributed by atoms with Crippen LogP contribution in [-0.4, -0.2) is 13.2 Å². The number of hydrogen-bond acceptors (Lipinski definition) is 3. The van der Waals surface area contributed by atoms with Crippen LogP contribution in [0.15, 0.2) is 41.0 Å². The summed E-state index contributed by atoms with van der Waals surface area (Å²) in [4.78, 5) is 0. The van der Waals surface area contributed by atoms with Gasteiger partial charge < -0.3 is 14.5 Å². The van der Waals surface area contributed by atoms with Crippen LogP contribution < -0.4 is 10.1 Å². The van der Waals surface area contributed by atoms with Crippen LogP contribution in [0, 0.1) is 6.92 Å². The van der Waals surface area contributed by atoms with E-state index in [1.807, 2.05) is 24.3 Å². The summed E-state index contributed by atoms with van der Waals surface area (Å²) < 4.78 is 10.7. The molecule has 2 rings (SSSR count). The second-order valence-electron chi connectivity index (χ2n) is 4.53. The van der Waals surface area contributed by atoms with Gasteiger partial charge in [0.1, 0.15) is 11.5 Å². The van der Waals surface area contributed by atoms with Crippen molar-refractivity contribution in [1.82, 2.24) is 0 Å². The van der Waals surface area contributed by atoms with Crippen LogP contribution >= 0.6 is 0 Å². The Balaban J connectivity index is 2.06. The van der Waals surface area contributed by atoms with E-state index >= 15 is 0 Å². The van der Waals surface area contributed by atoms with E-state index in [1.54, 1.807) is 13.4 Å². The number of anilines is 1. The molecule has 0 fully saturated rings. The average Bonchev–Trinajstić information content (AvgIpc) is 2.82. The number of aryl methyl sites for hydroxylation is 1. The molecule has 0 aliphatic rings. The molecule has 0 saturated carbocycles. The summed E-state index contributed by atoms with van der Waals surface area (Å²) in [7, 11) is 1.69. The lowest BCUT2D eigenvalue weighted by Crippen LogP contribution is -2.18. The average molecular weight is 245 g/mol. The zero-order chi connectivity index (χ0) is 13.0. The summed E-state index contributed by atoms with van der Waals surface area (Å²) in [6.07, 6.45) is 2.55. The van der Waals surface area contributed by atoms with Gasteiger partial charge in [0.15, 0.2) is 0 Å². The molecule has 1 heterocycles. The molecule has 0 aliphatic heterocycles. The van der Waals surface area contributed by atoms with Gasteiger partial charge in [-0.2, -0.15) is 0 Å². The van der Waals surface area contributed by atoms with Crippen LogP contribution in [0.1, 0.15) is 18.2 Å². The minimum absolute atomic E-state index is 0.284. The van der Waals surface area contributed by atoms with Crippen molar-refractivity contribution >= 4 is 5.69 Å². The van der Waals surface area contributed by atoms with Crippen LogP contribution in [0.25, 0.3) is 0 Å². The first-order valence-electron chi connectivity index (χ1n) is 6.12. The van der Waals surface area contributed by atoms with Crippen molar-refractivity contribution in [1.29, 1.82) is 0 Å². The van der Waals surface area contributed by atoms with E-state index in [1.165, 1.54) is 5.56 Å². The SMILES string of the molecule is COc1ccc(C)cc1NC(C)Cc1ccco1.